The number of hydrogen-bond donors (Lipinski definition) is 1. The highest BCUT2D eigenvalue weighted by atomic mass is 15.1. The van der Waals surface area contributed by atoms with Gasteiger partial charge < -0.3 is 5.73 Å². The Bertz CT molecular complexity index is 163. The maximum Gasteiger partial charge on any atom is 0.0168 e. The summed E-state index contributed by atoms with van der Waals surface area (Å²) in [6.07, 6.45) is 6.99. The Hall–Kier alpha value is -0.340. The van der Waals surface area contributed by atoms with Crippen LogP contribution in [0, 0.1) is 5.92 Å². The van der Waals surface area contributed by atoms with E-state index in [0.717, 1.165) is 13.1 Å². The van der Waals surface area contributed by atoms with E-state index < -0.39 is 0 Å². The van der Waals surface area contributed by atoms with Crippen molar-refractivity contribution in [2.24, 2.45) is 11.7 Å². The van der Waals surface area contributed by atoms with Crippen molar-refractivity contribution in [1.82, 2.24) is 4.90 Å². The second-order valence-electron chi connectivity index (χ2n) is 4.33. The maximum absolute atomic E-state index is 5.89. The third-order valence-corrected chi connectivity index (χ3v) is 2.43. The summed E-state index contributed by atoms with van der Waals surface area (Å²) in [6, 6.07) is 0.404. The summed E-state index contributed by atoms with van der Waals surface area (Å²) in [5, 5.41) is 0. The average Bonchev–Trinajstić information content (AvgIpc) is 2.03. The monoisotopic (exact) mass is 182 g/mol. The van der Waals surface area contributed by atoms with Gasteiger partial charge in [0, 0.05) is 19.1 Å². The molecular formula is C11H22N2. The molecule has 0 saturated carbocycles. The van der Waals surface area contributed by atoms with Crippen LogP contribution in [0.2, 0.25) is 0 Å². The van der Waals surface area contributed by atoms with Crippen molar-refractivity contribution >= 4 is 0 Å². The molecule has 0 amide bonds. The molecule has 0 aliphatic carbocycles. The molecule has 2 heteroatoms. The predicted molar refractivity (Wildman–Crippen MR) is 57.6 cm³/mol. The van der Waals surface area contributed by atoms with Crippen LogP contribution >= 0.6 is 0 Å². The lowest BCUT2D eigenvalue weighted by Crippen LogP contribution is -2.42. The maximum atomic E-state index is 5.89. The smallest absolute Gasteiger partial charge is 0.0168 e. The number of hydrogen-bond acceptors (Lipinski definition) is 2. The van der Waals surface area contributed by atoms with E-state index in [2.05, 4.69) is 30.9 Å². The summed E-state index contributed by atoms with van der Waals surface area (Å²) < 4.78 is 0. The quantitative estimate of drug-likeness (QED) is 0.672. The van der Waals surface area contributed by atoms with Gasteiger partial charge in [-0.2, -0.15) is 0 Å². The van der Waals surface area contributed by atoms with E-state index in [1.54, 1.807) is 0 Å². The van der Waals surface area contributed by atoms with Gasteiger partial charge in [0.05, 0.1) is 0 Å². The Morgan fingerprint density at radius 1 is 1.54 bits per heavy atom. The summed E-state index contributed by atoms with van der Waals surface area (Å²) in [5.41, 5.74) is 5.89. The number of nitrogens with zero attached hydrogens (tertiary/aromatic N) is 1. The van der Waals surface area contributed by atoms with Crippen LogP contribution in [0.4, 0.5) is 0 Å². The molecule has 1 saturated heterocycles. The first-order valence-electron chi connectivity index (χ1n) is 5.33. The van der Waals surface area contributed by atoms with Gasteiger partial charge in [-0.3, -0.25) is 4.90 Å². The number of nitrogens with two attached hydrogens (primary N) is 1. The van der Waals surface area contributed by atoms with Gasteiger partial charge in [-0.15, -0.1) is 0 Å². The summed E-state index contributed by atoms with van der Waals surface area (Å²) in [4.78, 5) is 2.44. The van der Waals surface area contributed by atoms with Crippen LogP contribution in [0.25, 0.3) is 0 Å². The average molecular weight is 182 g/mol. The van der Waals surface area contributed by atoms with E-state index in [1.807, 2.05) is 0 Å². The molecule has 0 aromatic heterocycles. The first-order valence-corrected chi connectivity index (χ1v) is 5.33. The van der Waals surface area contributed by atoms with Gasteiger partial charge in [0.1, 0.15) is 0 Å². The molecule has 1 fully saturated rings. The second kappa shape index (κ2) is 5.40. The van der Waals surface area contributed by atoms with Crippen molar-refractivity contribution in [3.05, 3.63) is 12.2 Å². The minimum Gasteiger partial charge on any atom is -0.327 e. The van der Waals surface area contributed by atoms with Crippen molar-refractivity contribution in [2.45, 2.75) is 32.7 Å². The standard InChI is InChI=1S/C11H22N2/c1-10(2)5-3-7-13-8-4-6-11(12)9-13/h3,5,10-11H,4,6-9,12H2,1-2H3/b5-3+. The molecule has 0 bridgehead atoms. The Morgan fingerprint density at radius 3 is 2.92 bits per heavy atom. The molecule has 1 atom stereocenters. The van der Waals surface area contributed by atoms with Gasteiger partial charge in [0.25, 0.3) is 0 Å². The molecule has 0 aromatic rings. The SMILES string of the molecule is CC(C)/C=C/CN1CCCC(N)C1. The molecule has 0 radical (unpaired) electrons. The first kappa shape index (κ1) is 10.7. The number of allylic oxidation sites excluding steroid dienone is 1. The summed E-state index contributed by atoms with van der Waals surface area (Å²) in [7, 11) is 0. The Morgan fingerprint density at radius 2 is 2.31 bits per heavy atom. The lowest BCUT2D eigenvalue weighted by molar-refractivity contribution is 0.229. The highest BCUT2D eigenvalue weighted by Gasteiger charge is 2.14. The van der Waals surface area contributed by atoms with Crippen molar-refractivity contribution < 1.29 is 0 Å². The minimum absolute atomic E-state index is 0.404. The minimum atomic E-state index is 0.404. The van der Waals surface area contributed by atoms with Crippen LogP contribution in [0.1, 0.15) is 26.7 Å². The van der Waals surface area contributed by atoms with Crippen molar-refractivity contribution in [3.63, 3.8) is 0 Å². The van der Waals surface area contributed by atoms with E-state index in [9.17, 15) is 0 Å². The fourth-order valence-electron chi connectivity index (χ4n) is 1.74. The molecule has 0 aromatic carbocycles. The third kappa shape index (κ3) is 4.44. The summed E-state index contributed by atoms with van der Waals surface area (Å²) in [5.74, 6) is 0.665. The van der Waals surface area contributed by atoms with Crippen LogP contribution in [-0.2, 0) is 0 Å². The Kier molecular flexibility index (Phi) is 4.46. The van der Waals surface area contributed by atoms with E-state index in [4.69, 9.17) is 5.73 Å². The zero-order valence-electron chi connectivity index (χ0n) is 8.87. The van der Waals surface area contributed by atoms with E-state index >= 15 is 0 Å². The van der Waals surface area contributed by atoms with Crippen LogP contribution in [0.15, 0.2) is 12.2 Å². The zero-order chi connectivity index (χ0) is 9.68. The lowest BCUT2D eigenvalue weighted by Gasteiger charge is -2.29. The molecule has 0 spiro atoms. The number of piperidine rings is 1. The van der Waals surface area contributed by atoms with Crippen molar-refractivity contribution in [2.75, 3.05) is 19.6 Å². The van der Waals surface area contributed by atoms with Gasteiger partial charge in [-0.1, -0.05) is 26.0 Å². The molecule has 1 heterocycles. The lowest BCUT2D eigenvalue weighted by atomic mass is 10.1. The van der Waals surface area contributed by atoms with Gasteiger partial charge >= 0.3 is 0 Å². The molecule has 1 unspecified atom stereocenters. The third-order valence-electron chi connectivity index (χ3n) is 2.43. The highest BCUT2D eigenvalue weighted by Crippen LogP contribution is 2.07. The van der Waals surface area contributed by atoms with Gasteiger partial charge in [-0.25, -0.2) is 0 Å². The summed E-state index contributed by atoms with van der Waals surface area (Å²) >= 11 is 0. The molecule has 2 N–H and O–H groups in total. The topological polar surface area (TPSA) is 29.3 Å². The molecular weight excluding hydrogens is 160 g/mol. The van der Waals surface area contributed by atoms with Crippen LogP contribution < -0.4 is 5.73 Å². The molecule has 13 heavy (non-hydrogen) atoms. The molecule has 1 aliphatic rings. The van der Waals surface area contributed by atoms with Crippen LogP contribution in [0.3, 0.4) is 0 Å². The fraction of sp³-hybridized carbons (Fsp3) is 0.818. The number of rotatable bonds is 3. The second-order valence-corrected chi connectivity index (χ2v) is 4.33. The highest BCUT2D eigenvalue weighted by molar-refractivity contribution is 4.89. The van der Waals surface area contributed by atoms with Gasteiger partial charge in [0.2, 0.25) is 0 Å². The van der Waals surface area contributed by atoms with Crippen LogP contribution in [0.5, 0.6) is 0 Å². The Labute approximate surface area is 81.8 Å². The molecule has 1 aliphatic heterocycles. The van der Waals surface area contributed by atoms with E-state index in [0.29, 0.717) is 12.0 Å². The van der Waals surface area contributed by atoms with Crippen LogP contribution in [-0.4, -0.2) is 30.6 Å². The zero-order valence-corrected chi connectivity index (χ0v) is 8.87. The van der Waals surface area contributed by atoms with Gasteiger partial charge in [0.15, 0.2) is 0 Å². The molecule has 2 nitrogen and oxygen atoms in total. The predicted octanol–water partition coefficient (Wildman–Crippen LogP) is 1.62. The molecule has 1 rings (SSSR count). The largest absolute Gasteiger partial charge is 0.327 e. The van der Waals surface area contributed by atoms with E-state index in [1.165, 1.54) is 19.4 Å². The normalized spacial score (nSPS) is 26.0. The summed E-state index contributed by atoms with van der Waals surface area (Å²) in [6.45, 7) is 7.78. The first-order chi connectivity index (χ1) is 6.18. The number of likely N-dealkylation sites (tertiary alicyclic amines) is 1. The van der Waals surface area contributed by atoms with Gasteiger partial charge in [-0.05, 0) is 25.3 Å². The molecule has 76 valence electrons. The Balaban J connectivity index is 2.20. The van der Waals surface area contributed by atoms with Crippen molar-refractivity contribution in [3.8, 4) is 0 Å². The van der Waals surface area contributed by atoms with E-state index in [-0.39, 0.29) is 0 Å². The fourth-order valence-corrected chi connectivity index (χ4v) is 1.74. The van der Waals surface area contributed by atoms with Crippen molar-refractivity contribution in [1.29, 1.82) is 0 Å².